The zero-order valence-corrected chi connectivity index (χ0v) is 10.7. The van der Waals surface area contributed by atoms with Crippen LogP contribution < -0.4 is 0 Å². The first kappa shape index (κ1) is 17.3. The lowest BCUT2D eigenvalue weighted by atomic mass is 10.2. The van der Waals surface area contributed by atoms with Crippen LogP contribution in [0.1, 0.15) is 53.4 Å². The summed E-state index contributed by atoms with van der Waals surface area (Å²) in [6.45, 7) is 8.73. The number of aliphatic hydroxyl groups is 2. The van der Waals surface area contributed by atoms with Crippen LogP contribution in [0.4, 0.5) is 0 Å². The fourth-order valence-electron chi connectivity index (χ4n) is 1.12. The smallest absolute Gasteiger partial charge is 0.0522 e. The van der Waals surface area contributed by atoms with Gasteiger partial charge < -0.3 is 14.9 Å². The predicted octanol–water partition coefficient (Wildman–Crippen LogP) is 2.35. The van der Waals surface area contributed by atoms with E-state index in [9.17, 15) is 0 Å². The van der Waals surface area contributed by atoms with Crippen molar-refractivity contribution in [3.05, 3.63) is 0 Å². The predicted molar refractivity (Wildman–Crippen MR) is 64.0 cm³/mol. The molecule has 0 aromatic heterocycles. The topological polar surface area (TPSA) is 49.7 Å². The van der Waals surface area contributed by atoms with E-state index >= 15 is 0 Å². The Morgan fingerprint density at radius 3 is 1.20 bits per heavy atom. The summed E-state index contributed by atoms with van der Waals surface area (Å²) in [5, 5.41) is 16.6. The first-order chi connectivity index (χ1) is 7.04. The highest BCUT2D eigenvalue weighted by atomic mass is 16.5. The van der Waals surface area contributed by atoms with E-state index in [2.05, 4.69) is 0 Å². The maximum absolute atomic E-state index is 8.30. The fraction of sp³-hybridized carbons (Fsp3) is 1.00. The van der Waals surface area contributed by atoms with Gasteiger partial charge in [0.15, 0.2) is 0 Å². The molecule has 0 atom stereocenters. The Labute approximate surface area is 94.5 Å². The van der Waals surface area contributed by atoms with Crippen LogP contribution in [-0.4, -0.2) is 35.6 Å². The van der Waals surface area contributed by atoms with Crippen molar-refractivity contribution < 1.29 is 14.9 Å². The molecule has 0 aliphatic rings. The van der Waals surface area contributed by atoms with E-state index in [1.807, 2.05) is 27.7 Å². The molecule has 0 aliphatic carbocycles. The zero-order chi connectivity index (χ0) is 12.1. The van der Waals surface area contributed by atoms with Crippen molar-refractivity contribution in [2.75, 3.05) is 13.2 Å². The molecule has 3 heteroatoms. The van der Waals surface area contributed by atoms with Gasteiger partial charge in [-0.15, -0.1) is 0 Å². The Kier molecular flexibility index (Phi) is 16.0. The van der Waals surface area contributed by atoms with Gasteiger partial charge in [0.1, 0.15) is 0 Å². The molecule has 0 amide bonds. The molecule has 2 N–H and O–H groups in total. The molecule has 0 unspecified atom stereocenters. The van der Waals surface area contributed by atoms with Crippen molar-refractivity contribution in [3.63, 3.8) is 0 Å². The van der Waals surface area contributed by atoms with Gasteiger partial charge in [0, 0.05) is 13.2 Å². The van der Waals surface area contributed by atoms with E-state index in [1.54, 1.807) is 0 Å². The Bertz CT molecular complexity index is 91.0. The van der Waals surface area contributed by atoms with E-state index < -0.39 is 0 Å². The molecule has 0 saturated heterocycles. The van der Waals surface area contributed by atoms with E-state index in [0.717, 1.165) is 25.7 Å². The van der Waals surface area contributed by atoms with Crippen LogP contribution >= 0.6 is 0 Å². The number of hydrogen-bond acceptors (Lipinski definition) is 3. The highest BCUT2D eigenvalue weighted by Gasteiger charge is 1.94. The first-order valence-corrected chi connectivity index (χ1v) is 5.91. The maximum Gasteiger partial charge on any atom is 0.0522 e. The second kappa shape index (κ2) is 13.9. The van der Waals surface area contributed by atoms with Crippen LogP contribution in [0.2, 0.25) is 0 Å². The van der Waals surface area contributed by atoms with Gasteiger partial charge in [0.05, 0.1) is 12.2 Å². The second-order valence-corrected chi connectivity index (χ2v) is 4.10. The molecule has 0 fully saturated rings. The summed E-state index contributed by atoms with van der Waals surface area (Å²) in [4.78, 5) is 0. The molecule has 3 nitrogen and oxygen atoms in total. The number of rotatable bonds is 7. The summed E-state index contributed by atoms with van der Waals surface area (Å²) in [6.07, 6.45) is 4.58. The maximum atomic E-state index is 8.30. The van der Waals surface area contributed by atoms with Gasteiger partial charge in [-0.1, -0.05) is 12.8 Å². The largest absolute Gasteiger partial charge is 0.396 e. The van der Waals surface area contributed by atoms with Crippen molar-refractivity contribution in [1.29, 1.82) is 0 Å². The van der Waals surface area contributed by atoms with Gasteiger partial charge in [0.2, 0.25) is 0 Å². The van der Waals surface area contributed by atoms with E-state index in [0.29, 0.717) is 12.2 Å². The molecule has 0 rings (SSSR count). The van der Waals surface area contributed by atoms with Crippen molar-refractivity contribution in [3.8, 4) is 0 Å². The molecule has 0 aromatic rings. The third-order valence-electron chi connectivity index (χ3n) is 1.61. The first-order valence-electron chi connectivity index (χ1n) is 5.91. The van der Waals surface area contributed by atoms with Crippen LogP contribution in [0.5, 0.6) is 0 Å². The lowest BCUT2D eigenvalue weighted by Crippen LogP contribution is -2.09. The van der Waals surface area contributed by atoms with Crippen molar-refractivity contribution in [2.24, 2.45) is 0 Å². The van der Waals surface area contributed by atoms with Gasteiger partial charge in [-0.05, 0) is 40.5 Å². The lowest BCUT2D eigenvalue weighted by molar-refractivity contribution is 0.0300. The summed E-state index contributed by atoms with van der Waals surface area (Å²) in [7, 11) is 0. The van der Waals surface area contributed by atoms with E-state index in [4.69, 9.17) is 14.9 Å². The number of ether oxygens (including phenoxy) is 1. The molecule has 0 saturated carbocycles. The van der Waals surface area contributed by atoms with Gasteiger partial charge in [-0.2, -0.15) is 0 Å². The number of unbranched alkanes of at least 4 members (excludes halogenated alkanes) is 3. The molecule has 0 bridgehead atoms. The number of hydrogen-bond donors (Lipinski definition) is 2. The zero-order valence-electron chi connectivity index (χ0n) is 10.7. The summed E-state index contributed by atoms with van der Waals surface area (Å²) in [5.41, 5.74) is 0. The molecule has 0 aromatic carbocycles. The Morgan fingerprint density at radius 1 is 0.733 bits per heavy atom. The minimum atomic E-state index is 0.283. The minimum Gasteiger partial charge on any atom is -0.396 e. The molecule has 0 spiro atoms. The summed E-state index contributed by atoms with van der Waals surface area (Å²) < 4.78 is 5.25. The fourth-order valence-corrected chi connectivity index (χ4v) is 1.12. The van der Waals surface area contributed by atoms with Gasteiger partial charge >= 0.3 is 0 Å². The van der Waals surface area contributed by atoms with Crippen LogP contribution in [0.3, 0.4) is 0 Å². The van der Waals surface area contributed by atoms with Gasteiger partial charge in [-0.3, -0.25) is 0 Å². The van der Waals surface area contributed by atoms with E-state index in [-0.39, 0.29) is 13.2 Å². The van der Waals surface area contributed by atoms with Gasteiger partial charge in [0.25, 0.3) is 0 Å². The standard InChI is InChI=1S/C6H14O2.C6H14O/c7-5-3-1-2-4-6-8;1-5(2)7-6(3)4/h7-8H,1-6H2;5-6H,1-4H3. The quantitative estimate of drug-likeness (QED) is 0.648. The van der Waals surface area contributed by atoms with Crippen molar-refractivity contribution in [1.82, 2.24) is 0 Å². The van der Waals surface area contributed by atoms with Crippen LogP contribution in [0.25, 0.3) is 0 Å². The molecule has 15 heavy (non-hydrogen) atoms. The molecule has 0 heterocycles. The SMILES string of the molecule is CC(C)OC(C)C.OCCCCCCO. The highest BCUT2D eigenvalue weighted by molar-refractivity contribution is 4.40. The molecule has 0 radical (unpaired) electrons. The average molecular weight is 220 g/mol. The van der Waals surface area contributed by atoms with E-state index in [1.165, 1.54) is 0 Å². The van der Waals surface area contributed by atoms with Crippen molar-refractivity contribution in [2.45, 2.75) is 65.6 Å². The Morgan fingerprint density at radius 2 is 1.07 bits per heavy atom. The molecule has 94 valence electrons. The average Bonchev–Trinajstić information content (AvgIpc) is 2.11. The number of aliphatic hydroxyl groups excluding tert-OH is 2. The third kappa shape index (κ3) is 24.8. The third-order valence-corrected chi connectivity index (χ3v) is 1.61. The Balaban J connectivity index is 0. The lowest BCUT2D eigenvalue weighted by Gasteiger charge is -2.09. The summed E-state index contributed by atoms with van der Waals surface area (Å²) in [6, 6.07) is 0. The van der Waals surface area contributed by atoms with Crippen molar-refractivity contribution >= 4 is 0 Å². The van der Waals surface area contributed by atoms with Crippen LogP contribution in [-0.2, 0) is 4.74 Å². The molecular weight excluding hydrogens is 192 g/mol. The second-order valence-electron chi connectivity index (χ2n) is 4.10. The summed E-state index contributed by atoms with van der Waals surface area (Å²) >= 11 is 0. The monoisotopic (exact) mass is 220 g/mol. The molecular formula is C12H28O3. The Hall–Kier alpha value is -0.120. The molecule has 0 aliphatic heterocycles. The normalized spacial score (nSPS) is 10.4. The summed E-state index contributed by atoms with van der Waals surface area (Å²) in [5.74, 6) is 0. The highest BCUT2D eigenvalue weighted by Crippen LogP contribution is 1.96. The van der Waals surface area contributed by atoms with Crippen LogP contribution in [0.15, 0.2) is 0 Å². The van der Waals surface area contributed by atoms with Gasteiger partial charge in [-0.25, -0.2) is 0 Å². The van der Waals surface area contributed by atoms with Crippen LogP contribution in [0, 0.1) is 0 Å². The minimum absolute atomic E-state index is 0.283.